The molecule has 0 amide bonds. The molecule has 1 aliphatic rings. The molecule has 0 aromatic heterocycles. The first kappa shape index (κ1) is 12.1. The van der Waals surface area contributed by atoms with Gasteiger partial charge >= 0.3 is 0 Å². The van der Waals surface area contributed by atoms with Crippen LogP contribution in [0.4, 0.5) is 5.69 Å². The summed E-state index contributed by atoms with van der Waals surface area (Å²) in [5, 5.41) is 10.2. The van der Waals surface area contributed by atoms with E-state index in [4.69, 9.17) is 5.73 Å². The molecule has 3 nitrogen and oxygen atoms in total. The summed E-state index contributed by atoms with van der Waals surface area (Å²) < 4.78 is 0. The van der Waals surface area contributed by atoms with Crippen molar-refractivity contribution in [3.05, 3.63) is 41.5 Å². The Morgan fingerprint density at radius 3 is 2.82 bits per heavy atom. The summed E-state index contributed by atoms with van der Waals surface area (Å²) in [4.78, 5) is 2.25. The zero-order valence-electron chi connectivity index (χ0n) is 10.3. The molecule has 0 bridgehead atoms. The predicted octanol–water partition coefficient (Wildman–Crippen LogP) is 1.95. The molecule has 0 aliphatic carbocycles. The Kier molecular flexibility index (Phi) is 3.82. The van der Waals surface area contributed by atoms with Crippen molar-refractivity contribution in [3.63, 3.8) is 0 Å². The van der Waals surface area contributed by atoms with Crippen LogP contribution in [-0.4, -0.2) is 29.6 Å². The molecule has 3 N–H and O–H groups in total. The average molecular weight is 232 g/mol. The molecule has 1 heterocycles. The number of nitrogens with two attached hydrogens (primary N) is 1. The highest BCUT2D eigenvalue weighted by atomic mass is 16.3. The van der Waals surface area contributed by atoms with Crippen LogP contribution < -0.4 is 5.73 Å². The molecule has 1 unspecified atom stereocenters. The Morgan fingerprint density at radius 1 is 1.41 bits per heavy atom. The molecule has 2 rings (SSSR count). The van der Waals surface area contributed by atoms with Crippen LogP contribution in [0.1, 0.15) is 25.0 Å². The Hall–Kier alpha value is -1.32. The van der Waals surface area contributed by atoms with Crippen LogP contribution in [0.15, 0.2) is 35.9 Å². The number of anilines is 1. The maximum Gasteiger partial charge on any atom is 0.0936 e. The zero-order valence-corrected chi connectivity index (χ0v) is 10.3. The van der Waals surface area contributed by atoms with Crippen molar-refractivity contribution in [3.8, 4) is 0 Å². The van der Waals surface area contributed by atoms with Crippen LogP contribution in [-0.2, 0) is 0 Å². The van der Waals surface area contributed by atoms with Gasteiger partial charge in [0.05, 0.1) is 6.10 Å². The normalized spacial score (nSPS) is 18.8. The van der Waals surface area contributed by atoms with Gasteiger partial charge in [-0.1, -0.05) is 29.8 Å². The molecule has 1 atom stereocenters. The van der Waals surface area contributed by atoms with E-state index in [1.165, 1.54) is 5.57 Å². The van der Waals surface area contributed by atoms with E-state index in [1.807, 2.05) is 24.3 Å². The first-order chi connectivity index (χ1) is 8.16. The summed E-state index contributed by atoms with van der Waals surface area (Å²) in [5.74, 6) is 0. The summed E-state index contributed by atoms with van der Waals surface area (Å²) >= 11 is 0. The van der Waals surface area contributed by atoms with Crippen LogP contribution >= 0.6 is 0 Å². The minimum Gasteiger partial charge on any atom is -0.398 e. The summed E-state index contributed by atoms with van der Waals surface area (Å²) in [6.07, 6.45) is 2.82. The highest BCUT2D eigenvalue weighted by Crippen LogP contribution is 2.22. The Labute approximate surface area is 103 Å². The van der Waals surface area contributed by atoms with Gasteiger partial charge in [-0.15, -0.1) is 0 Å². The lowest BCUT2D eigenvalue weighted by atomic mass is 10.1. The molecule has 17 heavy (non-hydrogen) atoms. The number of hydrogen-bond donors (Lipinski definition) is 2. The smallest absolute Gasteiger partial charge is 0.0936 e. The number of para-hydroxylation sites is 1. The zero-order chi connectivity index (χ0) is 12.3. The van der Waals surface area contributed by atoms with Crippen LogP contribution in [0.5, 0.6) is 0 Å². The summed E-state index contributed by atoms with van der Waals surface area (Å²) in [6.45, 7) is 4.75. The van der Waals surface area contributed by atoms with Gasteiger partial charge in [-0.05, 0) is 19.4 Å². The molecule has 0 saturated carbocycles. The molecule has 1 aliphatic heterocycles. The van der Waals surface area contributed by atoms with Gasteiger partial charge in [-0.25, -0.2) is 0 Å². The predicted molar refractivity (Wildman–Crippen MR) is 70.6 cm³/mol. The summed E-state index contributed by atoms with van der Waals surface area (Å²) in [7, 11) is 0. The number of benzene rings is 1. The van der Waals surface area contributed by atoms with Crippen molar-refractivity contribution in [1.29, 1.82) is 0 Å². The van der Waals surface area contributed by atoms with E-state index in [0.29, 0.717) is 12.2 Å². The van der Waals surface area contributed by atoms with Gasteiger partial charge in [-0.3, -0.25) is 4.90 Å². The van der Waals surface area contributed by atoms with Crippen molar-refractivity contribution in [1.82, 2.24) is 4.90 Å². The number of nitrogen functional groups attached to an aromatic ring is 1. The van der Waals surface area contributed by atoms with E-state index in [0.717, 1.165) is 25.1 Å². The van der Waals surface area contributed by atoms with Crippen LogP contribution in [0, 0.1) is 0 Å². The molecule has 92 valence electrons. The third-order valence-electron chi connectivity index (χ3n) is 3.31. The SMILES string of the molecule is CC1=CCN(CC(O)c2ccccc2N)CC1. The molecule has 0 fully saturated rings. The van der Waals surface area contributed by atoms with Gasteiger partial charge in [0.2, 0.25) is 0 Å². The number of β-amino-alcohol motifs (C(OH)–C–C–N with tert-alkyl or cyclic N) is 1. The lowest BCUT2D eigenvalue weighted by Gasteiger charge is -2.27. The second kappa shape index (κ2) is 5.34. The Morgan fingerprint density at radius 2 is 2.18 bits per heavy atom. The number of hydrogen-bond acceptors (Lipinski definition) is 3. The Bertz CT molecular complexity index is 414. The fraction of sp³-hybridized carbons (Fsp3) is 0.429. The molecule has 0 spiro atoms. The van der Waals surface area contributed by atoms with E-state index >= 15 is 0 Å². The van der Waals surface area contributed by atoms with Crippen molar-refractivity contribution in [2.45, 2.75) is 19.4 Å². The fourth-order valence-electron chi connectivity index (χ4n) is 2.14. The van der Waals surface area contributed by atoms with Gasteiger partial charge < -0.3 is 10.8 Å². The van der Waals surface area contributed by atoms with E-state index in [1.54, 1.807) is 0 Å². The van der Waals surface area contributed by atoms with Crippen molar-refractivity contribution in [2.24, 2.45) is 0 Å². The van der Waals surface area contributed by atoms with E-state index < -0.39 is 6.10 Å². The Balaban J connectivity index is 1.98. The third kappa shape index (κ3) is 3.08. The maximum atomic E-state index is 10.2. The molecular weight excluding hydrogens is 212 g/mol. The van der Waals surface area contributed by atoms with Crippen LogP contribution in [0.25, 0.3) is 0 Å². The van der Waals surface area contributed by atoms with Gasteiger partial charge in [0, 0.05) is 30.9 Å². The first-order valence-corrected chi connectivity index (χ1v) is 6.07. The van der Waals surface area contributed by atoms with Gasteiger partial charge in [0.25, 0.3) is 0 Å². The molecule has 0 saturated heterocycles. The first-order valence-electron chi connectivity index (χ1n) is 6.07. The summed E-state index contributed by atoms with van der Waals surface area (Å²) in [6, 6.07) is 7.53. The monoisotopic (exact) mass is 232 g/mol. The fourth-order valence-corrected chi connectivity index (χ4v) is 2.14. The van der Waals surface area contributed by atoms with E-state index in [9.17, 15) is 5.11 Å². The van der Waals surface area contributed by atoms with Crippen molar-refractivity contribution >= 4 is 5.69 Å². The molecule has 0 radical (unpaired) electrons. The second-order valence-corrected chi connectivity index (χ2v) is 4.70. The topological polar surface area (TPSA) is 49.5 Å². The average Bonchev–Trinajstić information content (AvgIpc) is 2.32. The van der Waals surface area contributed by atoms with Gasteiger partial charge in [0.1, 0.15) is 0 Å². The molecule has 3 heteroatoms. The largest absolute Gasteiger partial charge is 0.398 e. The lowest BCUT2D eigenvalue weighted by molar-refractivity contribution is 0.118. The standard InChI is InChI=1S/C14H20N2O/c1-11-6-8-16(9-7-11)10-14(17)12-4-2-3-5-13(12)15/h2-6,14,17H,7-10,15H2,1H3. The van der Waals surface area contributed by atoms with Crippen LogP contribution in [0.2, 0.25) is 0 Å². The quantitative estimate of drug-likeness (QED) is 0.618. The lowest BCUT2D eigenvalue weighted by Crippen LogP contribution is -2.32. The highest BCUT2D eigenvalue weighted by molar-refractivity contribution is 5.47. The van der Waals surface area contributed by atoms with Gasteiger partial charge in [0.15, 0.2) is 0 Å². The summed E-state index contributed by atoms with van der Waals surface area (Å²) in [5.41, 5.74) is 8.80. The third-order valence-corrected chi connectivity index (χ3v) is 3.31. The van der Waals surface area contributed by atoms with E-state index in [2.05, 4.69) is 17.9 Å². The highest BCUT2D eigenvalue weighted by Gasteiger charge is 2.16. The molecule has 1 aromatic rings. The van der Waals surface area contributed by atoms with Crippen molar-refractivity contribution in [2.75, 3.05) is 25.4 Å². The molecular formula is C14H20N2O. The van der Waals surface area contributed by atoms with Gasteiger partial charge in [-0.2, -0.15) is 0 Å². The number of rotatable bonds is 3. The minimum absolute atomic E-state index is 0.497. The number of aliphatic hydroxyl groups excluding tert-OH is 1. The molecule has 1 aromatic carbocycles. The van der Waals surface area contributed by atoms with E-state index in [-0.39, 0.29) is 0 Å². The number of aliphatic hydroxyl groups is 1. The van der Waals surface area contributed by atoms with Crippen LogP contribution in [0.3, 0.4) is 0 Å². The second-order valence-electron chi connectivity index (χ2n) is 4.70. The number of nitrogens with zero attached hydrogens (tertiary/aromatic N) is 1. The minimum atomic E-state index is -0.497. The van der Waals surface area contributed by atoms with Crippen molar-refractivity contribution < 1.29 is 5.11 Å². The maximum absolute atomic E-state index is 10.2.